The van der Waals surface area contributed by atoms with Crippen LogP contribution in [0, 0.1) is 6.92 Å². The molecule has 1 aromatic carbocycles. The minimum absolute atomic E-state index is 0.357. The van der Waals surface area contributed by atoms with Crippen LogP contribution in [-0.4, -0.2) is 39.6 Å². The molecular weight excluding hydrogens is 258 g/mol. The van der Waals surface area contributed by atoms with E-state index in [0.29, 0.717) is 46.2 Å². The fraction of sp³-hybridized carbons (Fsp3) is 0.571. The third-order valence-corrected chi connectivity index (χ3v) is 2.53. The average molecular weight is 279 g/mol. The molecule has 0 radical (unpaired) electrons. The molecule has 6 nitrogen and oxygen atoms in total. The number of rotatable bonds is 11. The second kappa shape index (κ2) is 11.3. The molecular formula is C14H21N3O3. The Hall–Kier alpha value is -1.59. The number of aryl methyl sites for hydroxylation is 1. The molecule has 0 N–H and O–H groups in total. The van der Waals surface area contributed by atoms with E-state index in [9.17, 15) is 0 Å². The predicted octanol–water partition coefficient (Wildman–Crippen LogP) is 2.86. The Balaban J connectivity index is 1.87. The summed E-state index contributed by atoms with van der Waals surface area (Å²) in [5.74, 6) is 0. The van der Waals surface area contributed by atoms with Gasteiger partial charge in [0.25, 0.3) is 0 Å². The molecule has 1 rings (SSSR count). The van der Waals surface area contributed by atoms with E-state index in [1.807, 2.05) is 0 Å². The Bertz CT molecular complexity index is 403. The van der Waals surface area contributed by atoms with Crippen LogP contribution in [0.2, 0.25) is 0 Å². The average Bonchev–Trinajstić information content (AvgIpc) is 2.47. The molecule has 0 spiro atoms. The topological polar surface area (TPSA) is 76.5 Å². The standard InChI is InChI=1S/C14H21N3O3/c1-13-2-4-14(5-3-13)12-20-11-10-19-9-8-18-7-6-16-17-15/h2-5H,6-12H2,1H3. The summed E-state index contributed by atoms with van der Waals surface area (Å²) in [5, 5.41) is 3.36. The van der Waals surface area contributed by atoms with Crippen LogP contribution in [0.3, 0.4) is 0 Å². The number of benzene rings is 1. The van der Waals surface area contributed by atoms with Crippen LogP contribution < -0.4 is 0 Å². The Morgan fingerprint density at radius 2 is 1.55 bits per heavy atom. The largest absolute Gasteiger partial charge is 0.379 e. The SMILES string of the molecule is Cc1ccc(COCCOCCOCCN=[N+]=[N-])cc1. The molecule has 0 aromatic heterocycles. The second-order valence-corrected chi connectivity index (χ2v) is 4.22. The molecule has 6 heteroatoms. The molecule has 0 amide bonds. The number of nitrogens with zero attached hydrogens (tertiary/aromatic N) is 3. The van der Waals surface area contributed by atoms with Crippen molar-refractivity contribution in [3.05, 3.63) is 45.8 Å². The third-order valence-electron chi connectivity index (χ3n) is 2.53. The van der Waals surface area contributed by atoms with Gasteiger partial charge < -0.3 is 14.2 Å². The van der Waals surface area contributed by atoms with Crippen molar-refractivity contribution >= 4 is 0 Å². The summed E-state index contributed by atoms with van der Waals surface area (Å²) in [4.78, 5) is 2.63. The zero-order valence-electron chi connectivity index (χ0n) is 11.8. The summed E-state index contributed by atoms with van der Waals surface area (Å²) in [5.41, 5.74) is 10.5. The van der Waals surface area contributed by atoms with Gasteiger partial charge >= 0.3 is 0 Å². The van der Waals surface area contributed by atoms with E-state index in [0.717, 1.165) is 5.56 Å². The molecule has 0 aliphatic heterocycles. The molecule has 20 heavy (non-hydrogen) atoms. The zero-order chi connectivity index (χ0) is 14.5. The number of ether oxygens (including phenoxy) is 3. The molecule has 0 aliphatic rings. The molecule has 0 saturated heterocycles. The maximum Gasteiger partial charge on any atom is 0.0718 e. The third kappa shape index (κ3) is 8.50. The van der Waals surface area contributed by atoms with Gasteiger partial charge in [0.15, 0.2) is 0 Å². The second-order valence-electron chi connectivity index (χ2n) is 4.22. The molecule has 110 valence electrons. The predicted molar refractivity (Wildman–Crippen MR) is 76.5 cm³/mol. The Kier molecular flexibility index (Phi) is 9.26. The lowest BCUT2D eigenvalue weighted by molar-refractivity contribution is 0.0119. The van der Waals surface area contributed by atoms with Crippen LogP contribution in [0.4, 0.5) is 0 Å². The molecule has 0 saturated carbocycles. The lowest BCUT2D eigenvalue weighted by atomic mass is 10.2. The van der Waals surface area contributed by atoms with Crippen LogP contribution in [0.25, 0.3) is 10.4 Å². The summed E-state index contributed by atoms with van der Waals surface area (Å²) in [6, 6.07) is 8.27. The van der Waals surface area contributed by atoms with E-state index in [1.54, 1.807) is 0 Å². The van der Waals surface area contributed by atoms with Crippen molar-refractivity contribution in [3.8, 4) is 0 Å². The van der Waals surface area contributed by atoms with Gasteiger partial charge in [-0.15, -0.1) is 0 Å². The van der Waals surface area contributed by atoms with Gasteiger partial charge in [-0.25, -0.2) is 0 Å². The lowest BCUT2D eigenvalue weighted by Gasteiger charge is -2.06. The first kappa shape index (κ1) is 16.5. The van der Waals surface area contributed by atoms with E-state index >= 15 is 0 Å². The van der Waals surface area contributed by atoms with Gasteiger partial charge in [-0.05, 0) is 18.0 Å². The summed E-state index contributed by atoms with van der Waals surface area (Å²) in [6.07, 6.45) is 0. The van der Waals surface area contributed by atoms with Gasteiger partial charge in [0.1, 0.15) is 0 Å². The monoisotopic (exact) mass is 279 g/mol. The molecule has 0 aliphatic carbocycles. The van der Waals surface area contributed by atoms with Crippen molar-refractivity contribution in [2.45, 2.75) is 13.5 Å². The molecule has 0 bridgehead atoms. The first-order valence-corrected chi connectivity index (χ1v) is 6.62. The summed E-state index contributed by atoms with van der Waals surface area (Å²) in [6.45, 7) is 5.58. The van der Waals surface area contributed by atoms with Gasteiger partial charge in [-0.2, -0.15) is 0 Å². The number of azide groups is 1. The quantitative estimate of drug-likeness (QED) is 0.270. The zero-order valence-corrected chi connectivity index (χ0v) is 11.8. The van der Waals surface area contributed by atoms with Gasteiger partial charge in [-0.3, -0.25) is 0 Å². The van der Waals surface area contributed by atoms with Crippen LogP contribution in [0.5, 0.6) is 0 Å². The Morgan fingerprint density at radius 3 is 2.20 bits per heavy atom. The van der Waals surface area contributed by atoms with E-state index in [1.165, 1.54) is 5.56 Å². The summed E-state index contributed by atoms with van der Waals surface area (Å²) in [7, 11) is 0. The van der Waals surface area contributed by atoms with E-state index in [4.69, 9.17) is 19.7 Å². The number of hydrogen-bond acceptors (Lipinski definition) is 4. The normalized spacial score (nSPS) is 10.2. The van der Waals surface area contributed by atoms with E-state index in [2.05, 4.69) is 41.2 Å². The minimum Gasteiger partial charge on any atom is -0.379 e. The van der Waals surface area contributed by atoms with Crippen molar-refractivity contribution < 1.29 is 14.2 Å². The van der Waals surface area contributed by atoms with Crippen LogP contribution in [0.1, 0.15) is 11.1 Å². The van der Waals surface area contributed by atoms with Crippen LogP contribution >= 0.6 is 0 Å². The fourth-order valence-corrected chi connectivity index (χ4v) is 1.46. The maximum absolute atomic E-state index is 8.05. The van der Waals surface area contributed by atoms with Crippen LogP contribution in [-0.2, 0) is 20.8 Å². The van der Waals surface area contributed by atoms with Crippen molar-refractivity contribution in [2.24, 2.45) is 5.11 Å². The Morgan fingerprint density at radius 1 is 0.950 bits per heavy atom. The fourth-order valence-electron chi connectivity index (χ4n) is 1.46. The van der Waals surface area contributed by atoms with Crippen LogP contribution in [0.15, 0.2) is 29.4 Å². The first-order valence-electron chi connectivity index (χ1n) is 6.62. The van der Waals surface area contributed by atoms with Gasteiger partial charge in [-0.1, -0.05) is 34.9 Å². The highest BCUT2D eigenvalue weighted by molar-refractivity contribution is 5.20. The maximum atomic E-state index is 8.05. The van der Waals surface area contributed by atoms with E-state index in [-0.39, 0.29) is 0 Å². The highest BCUT2D eigenvalue weighted by atomic mass is 16.5. The van der Waals surface area contributed by atoms with Crippen molar-refractivity contribution in [1.82, 2.24) is 0 Å². The first-order chi connectivity index (χ1) is 9.83. The lowest BCUT2D eigenvalue weighted by Crippen LogP contribution is -2.10. The summed E-state index contributed by atoms with van der Waals surface area (Å²) >= 11 is 0. The van der Waals surface area contributed by atoms with Gasteiger partial charge in [0.2, 0.25) is 0 Å². The minimum atomic E-state index is 0.357. The van der Waals surface area contributed by atoms with Gasteiger partial charge in [0, 0.05) is 11.5 Å². The van der Waals surface area contributed by atoms with Gasteiger partial charge in [0.05, 0.1) is 39.6 Å². The van der Waals surface area contributed by atoms with Crippen molar-refractivity contribution in [2.75, 3.05) is 39.6 Å². The Labute approximate surface area is 119 Å². The molecule has 0 atom stereocenters. The molecule has 0 unspecified atom stereocenters. The highest BCUT2D eigenvalue weighted by Crippen LogP contribution is 2.04. The highest BCUT2D eigenvalue weighted by Gasteiger charge is 1.94. The molecule has 0 fully saturated rings. The molecule has 1 aromatic rings. The summed E-state index contributed by atoms with van der Waals surface area (Å²) < 4.78 is 16.0. The smallest absolute Gasteiger partial charge is 0.0718 e. The molecule has 0 heterocycles. The van der Waals surface area contributed by atoms with Crippen molar-refractivity contribution in [1.29, 1.82) is 0 Å². The van der Waals surface area contributed by atoms with Crippen molar-refractivity contribution in [3.63, 3.8) is 0 Å². The number of hydrogen-bond donors (Lipinski definition) is 0. The van der Waals surface area contributed by atoms with E-state index < -0.39 is 0 Å².